The molecule has 0 amide bonds. The van der Waals surface area contributed by atoms with Crippen molar-refractivity contribution in [3.05, 3.63) is 17.7 Å². The van der Waals surface area contributed by atoms with Crippen LogP contribution < -0.4 is 19.5 Å². The number of ether oxygens (including phenoxy) is 4. The Balaban J connectivity index is 2.04. The lowest BCUT2D eigenvalue weighted by atomic mass is 10.0. The minimum Gasteiger partial charge on any atom is -0.496 e. The van der Waals surface area contributed by atoms with Crippen LogP contribution in [0.1, 0.15) is 18.9 Å². The van der Waals surface area contributed by atoms with Crippen LogP contribution in [-0.4, -0.2) is 40.6 Å². The zero-order chi connectivity index (χ0) is 15.2. The number of methoxy groups -OCH3 is 3. The van der Waals surface area contributed by atoms with E-state index in [4.69, 9.17) is 18.9 Å². The Morgan fingerprint density at radius 1 is 1.14 bits per heavy atom. The van der Waals surface area contributed by atoms with Crippen LogP contribution >= 0.6 is 0 Å². The Morgan fingerprint density at radius 3 is 2.29 bits per heavy atom. The van der Waals surface area contributed by atoms with Crippen molar-refractivity contribution in [1.29, 1.82) is 0 Å². The van der Waals surface area contributed by atoms with Crippen molar-refractivity contribution in [2.75, 3.05) is 34.5 Å². The zero-order valence-electron chi connectivity index (χ0n) is 13.3. The van der Waals surface area contributed by atoms with Crippen molar-refractivity contribution in [3.8, 4) is 17.2 Å². The van der Waals surface area contributed by atoms with Crippen LogP contribution in [0.15, 0.2) is 12.1 Å². The second-order valence-electron chi connectivity index (χ2n) is 5.27. The summed E-state index contributed by atoms with van der Waals surface area (Å²) < 4.78 is 21.7. The van der Waals surface area contributed by atoms with E-state index < -0.39 is 0 Å². The van der Waals surface area contributed by atoms with Gasteiger partial charge in [0.05, 0.1) is 33.0 Å². The van der Waals surface area contributed by atoms with E-state index in [-0.39, 0.29) is 0 Å². The van der Waals surface area contributed by atoms with Gasteiger partial charge in [0, 0.05) is 31.8 Å². The predicted octanol–water partition coefficient (Wildman–Crippen LogP) is 2.23. The molecule has 5 heteroatoms. The first-order chi connectivity index (χ1) is 10.2. The smallest absolute Gasteiger partial charge is 0.130 e. The monoisotopic (exact) mass is 295 g/mol. The van der Waals surface area contributed by atoms with Crippen LogP contribution in [-0.2, 0) is 11.3 Å². The third kappa shape index (κ3) is 3.80. The van der Waals surface area contributed by atoms with Gasteiger partial charge in [-0.25, -0.2) is 0 Å². The molecule has 1 saturated heterocycles. The van der Waals surface area contributed by atoms with Crippen LogP contribution in [0.5, 0.6) is 17.2 Å². The first kappa shape index (κ1) is 15.9. The lowest BCUT2D eigenvalue weighted by molar-refractivity contribution is 0.105. The van der Waals surface area contributed by atoms with Gasteiger partial charge in [0.25, 0.3) is 0 Å². The highest BCUT2D eigenvalue weighted by Gasteiger charge is 2.24. The summed E-state index contributed by atoms with van der Waals surface area (Å²) in [7, 11) is 4.95. The molecule has 1 aromatic carbocycles. The van der Waals surface area contributed by atoms with Crippen molar-refractivity contribution < 1.29 is 18.9 Å². The summed E-state index contributed by atoms with van der Waals surface area (Å²) in [4.78, 5) is 0. The second-order valence-corrected chi connectivity index (χ2v) is 5.27. The minimum absolute atomic E-state index is 0.331. The molecular formula is C16H25NO4. The maximum atomic E-state index is 5.58. The molecule has 1 N–H and O–H groups in total. The standard InChI is InChI=1S/C16H25NO4/c1-11-12(5-6-21-11)9-17-10-14-15(19-3)7-13(18-2)8-16(14)20-4/h7-8,11-12,17H,5-6,9-10H2,1-4H3. The Morgan fingerprint density at radius 2 is 1.81 bits per heavy atom. The van der Waals surface area contributed by atoms with Gasteiger partial charge in [-0.05, 0) is 19.3 Å². The number of benzene rings is 1. The Kier molecular flexibility index (Phi) is 5.70. The normalized spacial score (nSPS) is 21.3. The van der Waals surface area contributed by atoms with Gasteiger partial charge in [0.15, 0.2) is 0 Å². The molecule has 0 aromatic heterocycles. The highest BCUT2D eigenvalue weighted by atomic mass is 16.5. The van der Waals surface area contributed by atoms with Crippen LogP contribution in [0, 0.1) is 5.92 Å². The number of rotatable bonds is 7. The molecule has 0 bridgehead atoms. The number of nitrogens with one attached hydrogen (secondary N) is 1. The molecule has 0 aliphatic carbocycles. The van der Waals surface area contributed by atoms with E-state index in [0.29, 0.717) is 18.6 Å². The van der Waals surface area contributed by atoms with Gasteiger partial charge >= 0.3 is 0 Å². The molecule has 21 heavy (non-hydrogen) atoms. The summed E-state index contributed by atoms with van der Waals surface area (Å²) in [6, 6.07) is 3.75. The third-order valence-corrected chi connectivity index (χ3v) is 4.06. The fraction of sp³-hybridized carbons (Fsp3) is 0.625. The highest BCUT2D eigenvalue weighted by Crippen LogP contribution is 2.34. The molecule has 2 unspecified atom stereocenters. The largest absolute Gasteiger partial charge is 0.496 e. The summed E-state index contributed by atoms with van der Waals surface area (Å²) in [6.45, 7) is 4.62. The molecule has 1 aromatic rings. The molecule has 1 aliphatic rings. The predicted molar refractivity (Wildman–Crippen MR) is 81.3 cm³/mol. The van der Waals surface area contributed by atoms with Gasteiger partial charge < -0.3 is 24.3 Å². The van der Waals surface area contributed by atoms with E-state index in [1.54, 1.807) is 21.3 Å². The van der Waals surface area contributed by atoms with E-state index in [1.165, 1.54) is 0 Å². The zero-order valence-corrected chi connectivity index (χ0v) is 13.3. The van der Waals surface area contributed by atoms with Crippen molar-refractivity contribution in [2.24, 2.45) is 5.92 Å². The van der Waals surface area contributed by atoms with Crippen LogP contribution in [0.25, 0.3) is 0 Å². The minimum atomic E-state index is 0.331. The molecule has 1 aliphatic heterocycles. The highest BCUT2D eigenvalue weighted by molar-refractivity contribution is 5.50. The van der Waals surface area contributed by atoms with E-state index in [2.05, 4.69) is 12.2 Å². The summed E-state index contributed by atoms with van der Waals surface area (Å²) in [5.74, 6) is 2.84. The van der Waals surface area contributed by atoms with Gasteiger partial charge in [-0.1, -0.05) is 0 Å². The molecule has 0 radical (unpaired) electrons. The van der Waals surface area contributed by atoms with Crippen molar-refractivity contribution >= 4 is 0 Å². The number of hydrogen-bond donors (Lipinski definition) is 1. The number of hydrogen-bond acceptors (Lipinski definition) is 5. The third-order valence-electron chi connectivity index (χ3n) is 4.06. The molecule has 1 heterocycles. The molecule has 0 saturated carbocycles. The average Bonchev–Trinajstić information content (AvgIpc) is 2.92. The average molecular weight is 295 g/mol. The van der Waals surface area contributed by atoms with Crippen molar-refractivity contribution in [2.45, 2.75) is 26.0 Å². The summed E-state index contributed by atoms with van der Waals surface area (Å²) >= 11 is 0. The molecule has 1 fully saturated rings. The maximum absolute atomic E-state index is 5.58. The summed E-state index contributed by atoms with van der Waals surface area (Å²) in [5, 5.41) is 3.48. The lowest BCUT2D eigenvalue weighted by Gasteiger charge is -2.18. The first-order valence-corrected chi connectivity index (χ1v) is 7.30. The summed E-state index contributed by atoms with van der Waals surface area (Å²) in [6.07, 6.45) is 1.45. The molecule has 0 spiro atoms. The fourth-order valence-electron chi connectivity index (χ4n) is 2.68. The van der Waals surface area contributed by atoms with Gasteiger partial charge in [-0.3, -0.25) is 0 Å². The quantitative estimate of drug-likeness (QED) is 0.836. The first-order valence-electron chi connectivity index (χ1n) is 7.30. The van der Waals surface area contributed by atoms with E-state index in [9.17, 15) is 0 Å². The van der Waals surface area contributed by atoms with Crippen molar-refractivity contribution in [1.82, 2.24) is 5.32 Å². The Labute approximate surface area is 126 Å². The van der Waals surface area contributed by atoms with Crippen molar-refractivity contribution in [3.63, 3.8) is 0 Å². The van der Waals surface area contributed by atoms with E-state index in [0.717, 1.165) is 42.4 Å². The van der Waals surface area contributed by atoms with Gasteiger partial charge in [0.1, 0.15) is 17.2 Å². The maximum Gasteiger partial charge on any atom is 0.130 e. The lowest BCUT2D eigenvalue weighted by Crippen LogP contribution is -2.27. The molecule has 5 nitrogen and oxygen atoms in total. The van der Waals surface area contributed by atoms with Gasteiger partial charge in [0.2, 0.25) is 0 Å². The van der Waals surface area contributed by atoms with E-state index in [1.807, 2.05) is 12.1 Å². The molecule has 2 atom stereocenters. The second kappa shape index (κ2) is 7.52. The summed E-state index contributed by atoms with van der Waals surface area (Å²) in [5.41, 5.74) is 1.01. The van der Waals surface area contributed by atoms with E-state index >= 15 is 0 Å². The molecular weight excluding hydrogens is 270 g/mol. The molecule has 2 rings (SSSR count). The Bertz CT molecular complexity index is 439. The van der Waals surface area contributed by atoms with Gasteiger partial charge in [-0.15, -0.1) is 0 Å². The topological polar surface area (TPSA) is 49.0 Å². The van der Waals surface area contributed by atoms with Gasteiger partial charge in [-0.2, -0.15) is 0 Å². The fourth-order valence-corrected chi connectivity index (χ4v) is 2.68. The van der Waals surface area contributed by atoms with Crippen LogP contribution in [0.3, 0.4) is 0 Å². The SMILES string of the molecule is COc1cc(OC)c(CNCC2CCOC2C)c(OC)c1. The molecule has 118 valence electrons. The van der Waals surface area contributed by atoms with Crippen LogP contribution in [0.2, 0.25) is 0 Å². The Hall–Kier alpha value is -1.46. The van der Waals surface area contributed by atoms with Crippen LogP contribution in [0.4, 0.5) is 0 Å².